The topological polar surface area (TPSA) is 118 Å². The van der Waals surface area contributed by atoms with Gasteiger partial charge in [0.15, 0.2) is 0 Å². The molecule has 0 saturated heterocycles. The third-order valence-corrected chi connectivity index (χ3v) is 2.59. The van der Waals surface area contributed by atoms with E-state index in [1.807, 2.05) is 0 Å². The highest BCUT2D eigenvalue weighted by Crippen LogP contribution is 2.18. The molecule has 1 aromatic carbocycles. The molecule has 1 heterocycles. The summed E-state index contributed by atoms with van der Waals surface area (Å²) in [6.07, 6.45) is 2.53. The minimum atomic E-state index is -0.297. The van der Waals surface area contributed by atoms with Crippen molar-refractivity contribution in [1.29, 1.82) is 5.41 Å². The van der Waals surface area contributed by atoms with E-state index in [9.17, 15) is 4.79 Å². The Kier molecular flexibility index (Phi) is 3.42. The van der Waals surface area contributed by atoms with Crippen molar-refractivity contribution >= 4 is 29.3 Å². The number of nitrogens with zero attached hydrogens (tertiary/aromatic N) is 1. The third-order valence-electron chi connectivity index (χ3n) is 2.59. The van der Waals surface area contributed by atoms with Crippen molar-refractivity contribution in [2.75, 3.05) is 16.8 Å². The summed E-state index contributed by atoms with van der Waals surface area (Å²) in [4.78, 5) is 15.9. The van der Waals surface area contributed by atoms with E-state index in [4.69, 9.17) is 16.9 Å². The number of benzene rings is 1. The summed E-state index contributed by atoms with van der Waals surface area (Å²) in [5, 5.41) is 9.98. The van der Waals surface area contributed by atoms with Gasteiger partial charge in [0.25, 0.3) is 5.91 Å². The van der Waals surface area contributed by atoms with Crippen molar-refractivity contribution < 1.29 is 4.79 Å². The smallest absolute Gasteiger partial charge is 0.255 e. The monoisotopic (exact) mass is 255 g/mol. The number of nitrogens with two attached hydrogens (primary N) is 2. The van der Waals surface area contributed by atoms with Gasteiger partial charge in [-0.1, -0.05) is 0 Å². The van der Waals surface area contributed by atoms with E-state index in [1.54, 1.807) is 30.3 Å². The SMILES string of the molecule is N=Cc1c(NC(=O)c2ccc(N)cc2)ccnc1N. The molecule has 0 aliphatic carbocycles. The van der Waals surface area contributed by atoms with Gasteiger partial charge in [0.05, 0.1) is 11.3 Å². The van der Waals surface area contributed by atoms with Gasteiger partial charge in [-0.25, -0.2) is 4.98 Å². The van der Waals surface area contributed by atoms with Crippen LogP contribution in [-0.4, -0.2) is 17.1 Å². The number of rotatable bonds is 3. The van der Waals surface area contributed by atoms with Crippen LogP contribution in [0.1, 0.15) is 15.9 Å². The van der Waals surface area contributed by atoms with Crippen LogP contribution >= 0.6 is 0 Å². The maximum atomic E-state index is 12.0. The minimum Gasteiger partial charge on any atom is -0.399 e. The molecule has 0 bridgehead atoms. The molecule has 6 nitrogen and oxygen atoms in total. The molecule has 1 amide bonds. The maximum Gasteiger partial charge on any atom is 0.255 e. The fourth-order valence-electron chi connectivity index (χ4n) is 1.58. The Hall–Kier alpha value is -2.89. The maximum absolute atomic E-state index is 12.0. The van der Waals surface area contributed by atoms with Crippen LogP contribution in [0.5, 0.6) is 0 Å². The fourth-order valence-corrected chi connectivity index (χ4v) is 1.58. The van der Waals surface area contributed by atoms with E-state index in [-0.39, 0.29) is 11.7 Å². The van der Waals surface area contributed by atoms with Gasteiger partial charge in [-0.05, 0) is 30.3 Å². The zero-order valence-electron chi connectivity index (χ0n) is 10.1. The first-order valence-electron chi connectivity index (χ1n) is 5.53. The molecule has 0 fully saturated rings. The molecule has 0 spiro atoms. The first-order valence-corrected chi connectivity index (χ1v) is 5.53. The Labute approximate surface area is 110 Å². The van der Waals surface area contributed by atoms with Crippen LogP contribution < -0.4 is 16.8 Å². The summed E-state index contributed by atoms with van der Waals surface area (Å²) < 4.78 is 0. The van der Waals surface area contributed by atoms with Gasteiger partial charge < -0.3 is 22.2 Å². The second-order valence-electron chi connectivity index (χ2n) is 3.88. The second-order valence-corrected chi connectivity index (χ2v) is 3.88. The van der Waals surface area contributed by atoms with Crippen LogP contribution in [0.25, 0.3) is 0 Å². The molecular weight excluding hydrogens is 242 g/mol. The highest BCUT2D eigenvalue weighted by molar-refractivity contribution is 6.07. The first kappa shape index (κ1) is 12.6. The van der Waals surface area contributed by atoms with Gasteiger partial charge in [-0.3, -0.25) is 4.79 Å². The van der Waals surface area contributed by atoms with Gasteiger partial charge in [-0.15, -0.1) is 0 Å². The lowest BCUT2D eigenvalue weighted by Crippen LogP contribution is -2.14. The molecule has 6 N–H and O–H groups in total. The molecule has 0 aliphatic rings. The summed E-state index contributed by atoms with van der Waals surface area (Å²) in [6.45, 7) is 0. The predicted molar refractivity (Wildman–Crippen MR) is 75.3 cm³/mol. The van der Waals surface area contributed by atoms with Gasteiger partial charge >= 0.3 is 0 Å². The molecule has 0 radical (unpaired) electrons. The summed E-state index contributed by atoms with van der Waals surface area (Å²) >= 11 is 0. The number of hydrogen-bond donors (Lipinski definition) is 4. The zero-order chi connectivity index (χ0) is 13.8. The number of aromatic nitrogens is 1. The molecule has 2 rings (SSSR count). The molecule has 96 valence electrons. The number of nitrogen functional groups attached to an aromatic ring is 2. The van der Waals surface area contributed by atoms with Crippen LogP contribution in [-0.2, 0) is 0 Å². The first-order chi connectivity index (χ1) is 9.11. The van der Waals surface area contributed by atoms with Gasteiger partial charge in [0, 0.05) is 23.7 Å². The second kappa shape index (κ2) is 5.18. The minimum absolute atomic E-state index is 0.199. The average Bonchev–Trinajstić information content (AvgIpc) is 2.39. The van der Waals surface area contributed by atoms with Crippen molar-refractivity contribution in [2.45, 2.75) is 0 Å². The highest BCUT2D eigenvalue weighted by Gasteiger charge is 2.10. The van der Waals surface area contributed by atoms with Crippen LogP contribution in [0, 0.1) is 5.41 Å². The number of hydrogen-bond acceptors (Lipinski definition) is 5. The van der Waals surface area contributed by atoms with Crippen molar-refractivity contribution in [3.8, 4) is 0 Å². The fraction of sp³-hybridized carbons (Fsp3) is 0. The summed E-state index contributed by atoms with van der Waals surface area (Å²) in [5.74, 6) is -0.0983. The molecule has 0 aliphatic heterocycles. The van der Waals surface area contributed by atoms with Crippen LogP contribution in [0.4, 0.5) is 17.2 Å². The summed E-state index contributed by atoms with van der Waals surface area (Å²) in [5.41, 5.74) is 13.1. The Morgan fingerprint density at radius 1 is 1.21 bits per heavy atom. The largest absolute Gasteiger partial charge is 0.399 e. The molecule has 6 heteroatoms. The molecule has 19 heavy (non-hydrogen) atoms. The normalized spacial score (nSPS) is 9.89. The van der Waals surface area contributed by atoms with Crippen molar-refractivity contribution in [1.82, 2.24) is 4.98 Å². The van der Waals surface area contributed by atoms with Gasteiger partial charge in [0.2, 0.25) is 0 Å². The lowest BCUT2D eigenvalue weighted by molar-refractivity contribution is 0.102. The molecule has 2 aromatic rings. The number of carbonyl (C=O) groups is 1. The van der Waals surface area contributed by atoms with E-state index in [0.717, 1.165) is 6.21 Å². The van der Waals surface area contributed by atoms with E-state index in [1.165, 1.54) is 6.20 Å². The molecule has 0 unspecified atom stereocenters. The van der Waals surface area contributed by atoms with Crippen LogP contribution in [0.3, 0.4) is 0 Å². The summed E-state index contributed by atoms with van der Waals surface area (Å²) in [7, 11) is 0. The number of pyridine rings is 1. The zero-order valence-corrected chi connectivity index (χ0v) is 10.1. The number of carbonyl (C=O) groups excluding carboxylic acids is 1. The van der Waals surface area contributed by atoms with Gasteiger partial charge in [-0.2, -0.15) is 0 Å². The van der Waals surface area contributed by atoms with Crippen LogP contribution in [0.15, 0.2) is 36.5 Å². The third kappa shape index (κ3) is 2.68. The van der Waals surface area contributed by atoms with Crippen molar-refractivity contribution in [2.24, 2.45) is 0 Å². The Bertz CT molecular complexity index is 621. The quantitative estimate of drug-likeness (QED) is 0.491. The van der Waals surface area contributed by atoms with E-state index >= 15 is 0 Å². The highest BCUT2D eigenvalue weighted by atomic mass is 16.1. The molecule has 0 atom stereocenters. The van der Waals surface area contributed by atoms with Crippen molar-refractivity contribution in [3.63, 3.8) is 0 Å². The lowest BCUT2D eigenvalue weighted by atomic mass is 10.1. The van der Waals surface area contributed by atoms with Crippen molar-refractivity contribution in [3.05, 3.63) is 47.7 Å². The number of amides is 1. The molecule has 1 aromatic heterocycles. The standard InChI is InChI=1S/C13H13N5O/c14-7-10-11(5-6-17-12(10)16)18-13(19)8-1-3-9(15)4-2-8/h1-7,14H,15H2,(H3,16,17,18,19). The Morgan fingerprint density at radius 3 is 2.53 bits per heavy atom. The lowest BCUT2D eigenvalue weighted by Gasteiger charge is -2.09. The molecule has 0 saturated carbocycles. The van der Waals surface area contributed by atoms with E-state index in [0.29, 0.717) is 22.5 Å². The predicted octanol–water partition coefficient (Wildman–Crippen LogP) is 1.50. The summed E-state index contributed by atoms with van der Waals surface area (Å²) in [6, 6.07) is 8.13. The number of nitrogens with one attached hydrogen (secondary N) is 2. The molecular formula is C13H13N5O. The Morgan fingerprint density at radius 2 is 1.89 bits per heavy atom. The van der Waals surface area contributed by atoms with E-state index in [2.05, 4.69) is 10.3 Å². The Balaban J connectivity index is 2.26. The van der Waals surface area contributed by atoms with E-state index < -0.39 is 0 Å². The van der Waals surface area contributed by atoms with Gasteiger partial charge in [0.1, 0.15) is 5.82 Å². The van der Waals surface area contributed by atoms with Crippen LogP contribution in [0.2, 0.25) is 0 Å². The number of anilines is 3. The average molecular weight is 255 g/mol.